The monoisotopic (exact) mass is 350 g/mol. The second-order valence-corrected chi connectivity index (χ2v) is 6.67. The van der Waals surface area contributed by atoms with Crippen molar-refractivity contribution < 1.29 is 14.3 Å². The van der Waals surface area contributed by atoms with Crippen molar-refractivity contribution in [2.75, 3.05) is 37.7 Å². The van der Waals surface area contributed by atoms with Crippen LogP contribution in [-0.4, -0.2) is 49.6 Å². The van der Waals surface area contributed by atoms with Crippen molar-refractivity contribution in [2.24, 2.45) is 0 Å². The number of nitrogens with zero attached hydrogens (tertiary/aromatic N) is 2. The Hall–Kier alpha value is -2.66. The van der Waals surface area contributed by atoms with Crippen molar-refractivity contribution in [2.45, 2.75) is 12.8 Å². The SMILES string of the molecule is O=C(c1ccc2c(c1)CCCN2C(=O)c1ccccc1)N1CCOCC1. The van der Waals surface area contributed by atoms with E-state index in [-0.39, 0.29) is 11.8 Å². The minimum Gasteiger partial charge on any atom is -0.378 e. The number of carbonyl (C=O) groups is 2. The van der Waals surface area contributed by atoms with Gasteiger partial charge in [0.05, 0.1) is 13.2 Å². The lowest BCUT2D eigenvalue weighted by Gasteiger charge is -2.31. The van der Waals surface area contributed by atoms with Gasteiger partial charge in [0.2, 0.25) is 0 Å². The largest absolute Gasteiger partial charge is 0.378 e. The normalized spacial score (nSPS) is 16.9. The summed E-state index contributed by atoms with van der Waals surface area (Å²) in [6.07, 6.45) is 1.79. The first kappa shape index (κ1) is 16.8. The lowest BCUT2D eigenvalue weighted by Crippen LogP contribution is -2.41. The molecule has 4 rings (SSSR count). The Labute approximate surface area is 153 Å². The number of anilines is 1. The van der Waals surface area contributed by atoms with Gasteiger partial charge in [-0.3, -0.25) is 9.59 Å². The van der Waals surface area contributed by atoms with E-state index in [1.165, 1.54) is 0 Å². The first-order chi connectivity index (χ1) is 12.7. The summed E-state index contributed by atoms with van der Waals surface area (Å²) < 4.78 is 5.32. The zero-order chi connectivity index (χ0) is 17.9. The maximum absolute atomic E-state index is 12.9. The van der Waals surface area contributed by atoms with Crippen LogP contribution in [0.5, 0.6) is 0 Å². The Morgan fingerprint density at radius 1 is 0.846 bits per heavy atom. The van der Waals surface area contributed by atoms with Crippen molar-refractivity contribution in [3.05, 3.63) is 65.2 Å². The number of hydrogen-bond acceptors (Lipinski definition) is 3. The van der Waals surface area contributed by atoms with E-state index in [9.17, 15) is 9.59 Å². The zero-order valence-corrected chi connectivity index (χ0v) is 14.7. The molecular formula is C21H22N2O3. The molecule has 0 aromatic heterocycles. The number of aryl methyl sites for hydroxylation is 1. The number of morpholine rings is 1. The van der Waals surface area contributed by atoms with E-state index in [4.69, 9.17) is 4.74 Å². The summed E-state index contributed by atoms with van der Waals surface area (Å²) in [4.78, 5) is 29.2. The molecule has 0 saturated carbocycles. The Balaban J connectivity index is 1.59. The number of ether oxygens (including phenoxy) is 1. The standard InChI is InChI=1S/C21H22N2O3/c24-20(22-11-13-26-14-12-22)18-8-9-19-17(15-18)7-4-10-23(19)21(25)16-5-2-1-3-6-16/h1-3,5-6,8-9,15H,4,7,10-14H2. The number of rotatable bonds is 2. The fourth-order valence-electron chi connectivity index (χ4n) is 3.63. The fourth-order valence-corrected chi connectivity index (χ4v) is 3.63. The van der Waals surface area contributed by atoms with Gasteiger partial charge in [-0.1, -0.05) is 18.2 Å². The molecule has 2 amide bonds. The van der Waals surface area contributed by atoms with E-state index in [2.05, 4.69) is 0 Å². The van der Waals surface area contributed by atoms with Gasteiger partial charge in [0.1, 0.15) is 0 Å². The zero-order valence-electron chi connectivity index (χ0n) is 14.7. The Bertz CT molecular complexity index is 813. The van der Waals surface area contributed by atoms with Gasteiger partial charge in [0.25, 0.3) is 11.8 Å². The van der Waals surface area contributed by atoms with Gasteiger partial charge in [0.15, 0.2) is 0 Å². The van der Waals surface area contributed by atoms with Gasteiger partial charge in [-0.25, -0.2) is 0 Å². The van der Waals surface area contributed by atoms with Crippen LogP contribution in [0.2, 0.25) is 0 Å². The van der Waals surface area contributed by atoms with Crippen LogP contribution >= 0.6 is 0 Å². The van der Waals surface area contributed by atoms with Crippen LogP contribution in [0.3, 0.4) is 0 Å². The third-order valence-electron chi connectivity index (χ3n) is 5.01. The number of benzene rings is 2. The molecule has 0 aliphatic carbocycles. The maximum atomic E-state index is 12.9. The quantitative estimate of drug-likeness (QED) is 0.837. The third kappa shape index (κ3) is 3.22. The highest BCUT2D eigenvalue weighted by Gasteiger charge is 2.25. The summed E-state index contributed by atoms with van der Waals surface area (Å²) in [6.45, 7) is 3.16. The van der Waals surface area contributed by atoms with E-state index < -0.39 is 0 Å². The highest BCUT2D eigenvalue weighted by atomic mass is 16.5. The number of carbonyl (C=O) groups excluding carboxylic acids is 2. The van der Waals surface area contributed by atoms with Crippen LogP contribution in [-0.2, 0) is 11.2 Å². The topological polar surface area (TPSA) is 49.9 Å². The summed E-state index contributed by atoms with van der Waals surface area (Å²) in [6, 6.07) is 15.1. The predicted molar refractivity (Wildman–Crippen MR) is 99.6 cm³/mol. The fraction of sp³-hybridized carbons (Fsp3) is 0.333. The molecule has 5 nitrogen and oxygen atoms in total. The summed E-state index contributed by atoms with van der Waals surface area (Å²) in [7, 11) is 0. The molecule has 0 bridgehead atoms. The highest BCUT2D eigenvalue weighted by Crippen LogP contribution is 2.30. The highest BCUT2D eigenvalue weighted by molar-refractivity contribution is 6.07. The van der Waals surface area contributed by atoms with Crippen molar-refractivity contribution >= 4 is 17.5 Å². The van der Waals surface area contributed by atoms with Gasteiger partial charge in [-0.2, -0.15) is 0 Å². The molecule has 2 aliphatic heterocycles. The van der Waals surface area contributed by atoms with Gasteiger partial charge in [0, 0.05) is 36.4 Å². The molecule has 1 saturated heterocycles. The summed E-state index contributed by atoms with van der Waals surface area (Å²) in [5.74, 6) is 0.0569. The van der Waals surface area contributed by atoms with Crippen molar-refractivity contribution in [3.63, 3.8) is 0 Å². The number of hydrogen-bond donors (Lipinski definition) is 0. The Morgan fingerprint density at radius 3 is 2.38 bits per heavy atom. The first-order valence-corrected chi connectivity index (χ1v) is 9.11. The first-order valence-electron chi connectivity index (χ1n) is 9.11. The van der Waals surface area contributed by atoms with Crippen LogP contribution in [0.25, 0.3) is 0 Å². The minimum atomic E-state index is 0.0128. The number of amides is 2. The van der Waals surface area contributed by atoms with E-state index in [1.54, 1.807) is 0 Å². The van der Waals surface area contributed by atoms with E-state index >= 15 is 0 Å². The van der Waals surface area contributed by atoms with Crippen molar-refractivity contribution in [1.29, 1.82) is 0 Å². The molecule has 2 heterocycles. The van der Waals surface area contributed by atoms with E-state index in [0.29, 0.717) is 44.0 Å². The summed E-state index contributed by atoms with van der Waals surface area (Å²) >= 11 is 0. The van der Waals surface area contributed by atoms with Crippen LogP contribution in [0.15, 0.2) is 48.5 Å². The molecule has 2 aromatic rings. The molecule has 0 unspecified atom stereocenters. The Kier molecular flexibility index (Phi) is 4.71. The second kappa shape index (κ2) is 7.30. The third-order valence-corrected chi connectivity index (χ3v) is 5.01. The molecule has 2 aromatic carbocycles. The Morgan fingerprint density at radius 2 is 1.62 bits per heavy atom. The molecule has 2 aliphatic rings. The number of fused-ring (bicyclic) bond motifs is 1. The molecule has 134 valence electrons. The maximum Gasteiger partial charge on any atom is 0.258 e. The van der Waals surface area contributed by atoms with E-state index in [0.717, 1.165) is 24.1 Å². The molecular weight excluding hydrogens is 328 g/mol. The lowest BCUT2D eigenvalue weighted by molar-refractivity contribution is 0.0303. The minimum absolute atomic E-state index is 0.0128. The smallest absolute Gasteiger partial charge is 0.258 e. The summed E-state index contributed by atoms with van der Waals surface area (Å²) in [5.41, 5.74) is 3.37. The molecule has 0 radical (unpaired) electrons. The van der Waals surface area contributed by atoms with Crippen molar-refractivity contribution in [1.82, 2.24) is 4.90 Å². The average molecular weight is 350 g/mol. The molecule has 0 N–H and O–H groups in total. The predicted octanol–water partition coefficient (Wildman–Crippen LogP) is 2.75. The van der Waals surface area contributed by atoms with Crippen LogP contribution in [0.1, 0.15) is 32.7 Å². The second-order valence-electron chi connectivity index (χ2n) is 6.67. The van der Waals surface area contributed by atoms with E-state index in [1.807, 2.05) is 58.3 Å². The average Bonchev–Trinajstić information content (AvgIpc) is 2.73. The van der Waals surface area contributed by atoms with Crippen LogP contribution < -0.4 is 4.90 Å². The van der Waals surface area contributed by atoms with Crippen molar-refractivity contribution in [3.8, 4) is 0 Å². The van der Waals surface area contributed by atoms with Gasteiger partial charge >= 0.3 is 0 Å². The lowest BCUT2D eigenvalue weighted by atomic mass is 9.98. The molecule has 0 spiro atoms. The van der Waals surface area contributed by atoms with Gasteiger partial charge < -0.3 is 14.5 Å². The van der Waals surface area contributed by atoms with Crippen LogP contribution in [0, 0.1) is 0 Å². The molecule has 26 heavy (non-hydrogen) atoms. The molecule has 5 heteroatoms. The molecule has 1 fully saturated rings. The molecule has 0 atom stereocenters. The summed E-state index contributed by atoms with van der Waals surface area (Å²) in [5, 5.41) is 0. The van der Waals surface area contributed by atoms with Gasteiger partial charge in [-0.15, -0.1) is 0 Å². The van der Waals surface area contributed by atoms with Crippen LogP contribution in [0.4, 0.5) is 5.69 Å². The van der Waals surface area contributed by atoms with Gasteiger partial charge in [-0.05, 0) is 48.7 Å².